The molecule has 1 aromatic heterocycles. The molecule has 0 saturated heterocycles. The Bertz CT molecular complexity index is 581. The lowest BCUT2D eigenvalue weighted by Gasteiger charge is -2.21. The first-order valence-electron chi connectivity index (χ1n) is 6.86. The third kappa shape index (κ3) is 5.25. The van der Waals surface area contributed by atoms with E-state index in [1.54, 1.807) is 24.1 Å². The number of pyridine rings is 1. The molecule has 0 bridgehead atoms. The number of hydrogen-bond donors (Lipinski definition) is 1. The number of rotatable bonds is 5. The van der Waals surface area contributed by atoms with Crippen molar-refractivity contribution in [1.29, 1.82) is 5.26 Å². The molecule has 1 atom stereocenters. The van der Waals surface area contributed by atoms with Gasteiger partial charge in [-0.25, -0.2) is 0 Å². The monoisotopic (exact) mass is 285 g/mol. The van der Waals surface area contributed by atoms with Gasteiger partial charge in [-0.15, -0.1) is 0 Å². The van der Waals surface area contributed by atoms with Crippen LogP contribution in [0.1, 0.15) is 36.2 Å². The minimum Gasteiger partial charge on any atom is -0.395 e. The van der Waals surface area contributed by atoms with Crippen LogP contribution in [0.2, 0.25) is 0 Å². The Morgan fingerprint density at radius 3 is 2.90 bits per heavy atom. The molecule has 0 spiro atoms. The normalized spacial score (nSPS) is 11.0. The first-order valence-corrected chi connectivity index (χ1v) is 6.86. The van der Waals surface area contributed by atoms with Gasteiger partial charge in [-0.05, 0) is 19.9 Å². The van der Waals surface area contributed by atoms with Gasteiger partial charge < -0.3 is 10.0 Å². The summed E-state index contributed by atoms with van der Waals surface area (Å²) in [7, 11) is 0. The molecule has 0 aromatic carbocycles. The highest BCUT2D eigenvalue weighted by atomic mass is 16.2. The summed E-state index contributed by atoms with van der Waals surface area (Å²) in [5, 5.41) is 17.6. The first-order chi connectivity index (χ1) is 10.1. The summed E-state index contributed by atoms with van der Waals surface area (Å²) in [5.41, 5.74) is 1.09. The van der Waals surface area contributed by atoms with E-state index in [-0.39, 0.29) is 18.4 Å². The molecule has 1 heterocycles. The molecule has 0 aliphatic carbocycles. The molecule has 0 radical (unpaired) electrons. The molecule has 0 aliphatic rings. The van der Waals surface area contributed by atoms with Gasteiger partial charge >= 0.3 is 0 Å². The molecule has 5 heteroatoms. The van der Waals surface area contributed by atoms with Gasteiger partial charge in [-0.2, -0.15) is 5.26 Å². The van der Waals surface area contributed by atoms with Crippen molar-refractivity contribution >= 4 is 5.91 Å². The van der Waals surface area contributed by atoms with Crippen LogP contribution >= 0.6 is 0 Å². The summed E-state index contributed by atoms with van der Waals surface area (Å²) < 4.78 is 0. The average Bonchev–Trinajstić information content (AvgIpc) is 2.52. The van der Waals surface area contributed by atoms with E-state index in [0.29, 0.717) is 30.6 Å². The molecule has 0 aliphatic heterocycles. The molecular formula is C16H19N3O2. The fourth-order valence-corrected chi connectivity index (χ4v) is 1.76. The van der Waals surface area contributed by atoms with Crippen LogP contribution in [-0.4, -0.2) is 40.6 Å². The van der Waals surface area contributed by atoms with Crippen molar-refractivity contribution in [3.63, 3.8) is 0 Å². The summed E-state index contributed by atoms with van der Waals surface area (Å²) in [6, 6.07) is 3.81. The number of aliphatic hydroxyl groups excluding tert-OH is 1. The van der Waals surface area contributed by atoms with Crippen LogP contribution in [0.4, 0.5) is 0 Å². The van der Waals surface area contributed by atoms with Gasteiger partial charge in [0.2, 0.25) is 0 Å². The van der Waals surface area contributed by atoms with Gasteiger partial charge in [-0.3, -0.25) is 9.78 Å². The van der Waals surface area contributed by atoms with Crippen molar-refractivity contribution in [2.75, 3.05) is 19.7 Å². The molecule has 1 unspecified atom stereocenters. The lowest BCUT2D eigenvalue weighted by Crippen LogP contribution is -2.34. The van der Waals surface area contributed by atoms with E-state index in [1.807, 2.05) is 6.92 Å². The van der Waals surface area contributed by atoms with Crippen molar-refractivity contribution in [2.45, 2.75) is 20.3 Å². The smallest absolute Gasteiger partial charge is 0.255 e. The summed E-state index contributed by atoms with van der Waals surface area (Å²) in [6.45, 7) is 4.59. The molecular weight excluding hydrogens is 266 g/mol. The SMILES string of the molecule is CCN(CC(C)C#N)C(=O)c1cncc(C#CCCO)c1. The highest BCUT2D eigenvalue weighted by Crippen LogP contribution is 2.08. The Morgan fingerprint density at radius 2 is 2.29 bits per heavy atom. The molecule has 5 nitrogen and oxygen atoms in total. The molecule has 1 aromatic rings. The van der Waals surface area contributed by atoms with Crippen LogP contribution in [-0.2, 0) is 0 Å². The number of hydrogen-bond acceptors (Lipinski definition) is 4. The standard InChI is InChI=1S/C16H19N3O2/c1-3-19(12-13(2)9-17)16(21)15-8-14(10-18-11-15)6-4-5-7-20/h8,10-11,13,20H,3,5,7,12H2,1-2H3. The van der Waals surface area contributed by atoms with E-state index in [4.69, 9.17) is 10.4 Å². The number of nitrogens with zero attached hydrogens (tertiary/aromatic N) is 3. The fourth-order valence-electron chi connectivity index (χ4n) is 1.76. The highest BCUT2D eigenvalue weighted by Gasteiger charge is 2.17. The first kappa shape index (κ1) is 16.7. The zero-order valence-corrected chi connectivity index (χ0v) is 12.3. The van der Waals surface area contributed by atoms with E-state index in [9.17, 15) is 4.79 Å². The number of nitriles is 1. The molecule has 110 valence electrons. The number of carbonyl (C=O) groups excluding carboxylic acids is 1. The molecule has 21 heavy (non-hydrogen) atoms. The number of carbonyl (C=O) groups is 1. The van der Waals surface area contributed by atoms with Crippen molar-refractivity contribution in [1.82, 2.24) is 9.88 Å². The number of aliphatic hydroxyl groups is 1. The van der Waals surface area contributed by atoms with Crippen molar-refractivity contribution in [3.8, 4) is 17.9 Å². The van der Waals surface area contributed by atoms with Gasteiger partial charge in [0.15, 0.2) is 0 Å². The van der Waals surface area contributed by atoms with E-state index in [1.165, 1.54) is 6.20 Å². The minimum atomic E-state index is -0.214. The third-order valence-corrected chi connectivity index (χ3v) is 2.84. The third-order valence-electron chi connectivity index (χ3n) is 2.84. The maximum Gasteiger partial charge on any atom is 0.255 e. The van der Waals surface area contributed by atoms with Crippen LogP contribution < -0.4 is 0 Å². The second-order valence-corrected chi connectivity index (χ2v) is 4.61. The quantitative estimate of drug-likeness (QED) is 0.830. The van der Waals surface area contributed by atoms with E-state index in [2.05, 4.69) is 22.9 Å². The fraction of sp³-hybridized carbons (Fsp3) is 0.438. The molecule has 0 fully saturated rings. The average molecular weight is 285 g/mol. The zero-order chi connectivity index (χ0) is 15.7. The summed E-state index contributed by atoms with van der Waals surface area (Å²) in [4.78, 5) is 18.0. The van der Waals surface area contributed by atoms with E-state index >= 15 is 0 Å². The van der Waals surface area contributed by atoms with Crippen LogP contribution in [0, 0.1) is 29.1 Å². The predicted octanol–water partition coefficient (Wildman–Crippen LogP) is 1.44. The Hall–Kier alpha value is -2.37. The summed E-state index contributed by atoms with van der Waals surface area (Å²) in [5.74, 6) is 5.28. The van der Waals surface area contributed by atoms with Gasteiger partial charge in [0.25, 0.3) is 5.91 Å². The zero-order valence-electron chi connectivity index (χ0n) is 12.3. The molecule has 1 N–H and O–H groups in total. The lowest BCUT2D eigenvalue weighted by atomic mass is 10.1. The van der Waals surface area contributed by atoms with Crippen LogP contribution in [0.15, 0.2) is 18.5 Å². The van der Waals surface area contributed by atoms with Crippen molar-refractivity contribution in [3.05, 3.63) is 29.6 Å². The molecule has 1 amide bonds. The van der Waals surface area contributed by atoms with Crippen molar-refractivity contribution in [2.24, 2.45) is 5.92 Å². The lowest BCUT2D eigenvalue weighted by molar-refractivity contribution is 0.0752. The Labute approximate surface area is 125 Å². The van der Waals surface area contributed by atoms with Crippen molar-refractivity contribution < 1.29 is 9.90 Å². The number of aromatic nitrogens is 1. The second kappa shape index (κ2) is 8.73. The maximum absolute atomic E-state index is 12.4. The van der Waals surface area contributed by atoms with Crippen LogP contribution in [0.25, 0.3) is 0 Å². The Balaban J connectivity index is 2.89. The maximum atomic E-state index is 12.4. The van der Waals surface area contributed by atoms with E-state index < -0.39 is 0 Å². The molecule has 0 saturated carbocycles. The van der Waals surface area contributed by atoms with Crippen LogP contribution in [0.5, 0.6) is 0 Å². The van der Waals surface area contributed by atoms with Gasteiger partial charge in [0.1, 0.15) is 0 Å². The Morgan fingerprint density at radius 1 is 1.52 bits per heavy atom. The number of amides is 1. The topological polar surface area (TPSA) is 77.2 Å². The molecule has 1 rings (SSSR count). The van der Waals surface area contributed by atoms with E-state index in [0.717, 1.165) is 0 Å². The largest absolute Gasteiger partial charge is 0.395 e. The predicted molar refractivity (Wildman–Crippen MR) is 79.2 cm³/mol. The highest BCUT2D eigenvalue weighted by molar-refractivity contribution is 5.94. The Kier molecular flexibility index (Phi) is 6.94. The minimum absolute atomic E-state index is 0.00864. The van der Waals surface area contributed by atoms with Gasteiger partial charge in [-0.1, -0.05) is 11.8 Å². The van der Waals surface area contributed by atoms with Crippen LogP contribution in [0.3, 0.4) is 0 Å². The summed E-state index contributed by atoms with van der Waals surface area (Å²) in [6.07, 6.45) is 3.47. The second-order valence-electron chi connectivity index (χ2n) is 4.61. The van der Waals surface area contributed by atoms with Gasteiger partial charge in [0.05, 0.1) is 24.2 Å². The summed E-state index contributed by atoms with van der Waals surface area (Å²) >= 11 is 0. The van der Waals surface area contributed by atoms with Gasteiger partial charge in [0, 0.05) is 37.5 Å².